The number of Topliss-reactive ketones (excluding diaryl/α,β-unsaturated/α-hetero) is 1. The minimum Gasteiger partial charge on any atom is -0.439 e. The van der Waals surface area contributed by atoms with E-state index in [2.05, 4.69) is 9.97 Å². The summed E-state index contributed by atoms with van der Waals surface area (Å²) >= 11 is 1.67. The third-order valence-corrected chi connectivity index (χ3v) is 4.63. The average Bonchev–Trinajstić information content (AvgIpc) is 2.93. The van der Waals surface area contributed by atoms with Crippen LogP contribution in [0.3, 0.4) is 0 Å². The zero-order valence-electron chi connectivity index (χ0n) is 14.5. The number of aromatic nitrogens is 2. The minimum absolute atomic E-state index is 0.200. The number of ketones is 1. The number of nitrogens with zero attached hydrogens (tertiary/aromatic N) is 2. The zero-order chi connectivity index (χ0) is 17.8. The van der Waals surface area contributed by atoms with Gasteiger partial charge in [-0.25, -0.2) is 9.97 Å². The Hall–Kier alpha value is -2.53. The molecule has 1 atom stereocenters. The Labute approximate surface area is 151 Å². The minimum atomic E-state index is 0.200. The maximum atomic E-state index is 11.1. The second kappa shape index (κ2) is 7.57. The van der Waals surface area contributed by atoms with Gasteiger partial charge in [0.25, 0.3) is 0 Å². The van der Waals surface area contributed by atoms with Crippen molar-refractivity contribution in [2.75, 3.05) is 0 Å². The van der Waals surface area contributed by atoms with E-state index in [1.165, 1.54) is 0 Å². The van der Waals surface area contributed by atoms with Crippen LogP contribution in [0, 0.1) is 12.8 Å². The molecule has 4 nitrogen and oxygen atoms in total. The van der Waals surface area contributed by atoms with Crippen molar-refractivity contribution >= 4 is 33.4 Å². The van der Waals surface area contributed by atoms with Crippen LogP contribution in [-0.4, -0.2) is 15.8 Å². The number of fused-ring (bicyclic) bond motifs is 1. The molecule has 0 aliphatic carbocycles. The molecule has 0 aliphatic heterocycles. The first-order valence-electron chi connectivity index (χ1n) is 8.18. The number of hydrogen-bond donors (Lipinski definition) is 0. The fourth-order valence-corrected chi connectivity index (χ4v) is 3.36. The van der Waals surface area contributed by atoms with E-state index in [1.807, 2.05) is 56.3 Å². The summed E-state index contributed by atoms with van der Waals surface area (Å²) in [6.45, 7) is 5.64. The van der Waals surface area contributed by atoms with Crippen LogP contribution in [0.1, 0.15) is 30.8 Å². The lowest BCUT2D eigenvalue weighted by Gasteiger charge is -2.05. The number of carbonyl (C=O) groups is 1. The Balaban J connectivity index is 1.67. The monoisotopic (exact) mass is 352 g/mol. The molecular formula is C20H20N2O2S. The highest BCUT2D eigenvalue weighted by Gasteiger charge is 2.05. The number of ether oxygens (including phenoxy) is 1. The number of thiazole rings is 1. The highest BCUT2D eigenvalue weighted by molar-refractivity contribution is 7.18. The molecule has 1 aromatic carbocycles. The Morgan fingerprint density at radius 1 is 1.32 bits per heavy atom. The van der Waals surface area contributed by atoms with Gasteiger partial charge in [-0.2, -0.15) is 0 Å². The van der Waals surface area contributed by atoms with E-state index in [9.17, 15) is 4.79 Å². The van der Waals surface area contributed by atoms with Gasteiger partial charge in [-0.3, -0.25) is 0 Å². The van der Waals surface area contributed by atoms with Gasteiger partial charge in [0.15, 0.2) is 0 Å². The lowest BCUT2D eigenvalue weighted by Crippen LogP contribution is -1.97. The maximum Gasteiger partial charge on any atom is 0.219 e. The molecule has 0 aliphatic rings. The molecule has 1 unspecified atom stereocenters. The molecule has 0 saturated heterocycles. The van der Waals surface area contributed by atoms with Crippen molar-refractivity contribution < 1.29 is 9.53 Å². The van der Waals surface area contributed by atoms with Crippen LogP contribution in [0.4, 0.5) is 0 Å². The fourth-order valence-electron chi connectivity index (χ4n) is 2.55. The van der Waals surface area contributed by atoms with Crippen LogP contribution in [0.15, 0.2) is 42.6 Å². The predicted octanol–water partition coefficient (Wildman–Crippen LogP) is 5.42. The van der Waals surface area contributed by atoms with E-state index in [-0.39, 0.29) is 11.7 Å². The summed E-state index contributed by atoms with van der Waals surface area (Å²) in [4.78, 5) is 19.9. The zero-order valence-corrected chi connectivity index (χ0v) is 15.3. The molecule has 128 valence electrons. The standard InChI is InChI=1S/C20H20N2O2S/c1-13(10-14(2)23)4-5-16-6-9-20(21-12-16)24-17-7-8-19-18(11-17)22-15(3)25-19/h4-9,11-13H,10H2,1-3H3. The summed E-state index contributed by atoms with van der Waals surface area (Å²) < 4.78 is 6.96. The van der Waals surface area contributed by atoms with Crippen molar-refractivity contribution in [2.45, 2.75) is 27.2 Å². The first kappa shape index (κ1) is 17.3. The van der Waals surface area contributed by atoms with Gasteiger partial charge in [-0.1, -0.05) is 19.1 Å². The topological polar surface area (TPSA) is 52.1 Å². The smallest absolute Gasteiger partial charge is 0.219 e. The summed E-state index contributed by atoms with van der Waals surface area (Å²) in [6.07, 6.45) is 6.33. The molecule has 2 aromatic heterocycles. The summed E-state index contributed by atoms with van der Waals surface area (Å²) in [6, 6.07) is 9.66. The first-order chi connectivity index (χ1) is 12.0. The third kappa shape index (κ3) is 4.73. The van der Waals surface area contributed by atoms with Crippen molar-refractivity contribution in [3.8, 4) is 11.6 Å². The van der Waals surface area contributed by atoms with E-state index in [0.29, 0.717) is 12.3 Å². The van der Waals surface area contributed by atoms with Gasteiger partial charge < -0.3 is 9.53 Å². The number of rotatable bonds is 6. The highest BCUT2D eigenvalue weighted by atomic mass is 32.1. The molecule has 0 bridgehead atoms. The van der Waals surface area contributed by atoms with Gasteiger partial charge >= 0.3 is 0 Å². The third-order valence-electron chi connectivity index (χ3n) is 3.67. The van der Waals surface area contributed by atoms with E-state index < -0.39 is 0 Å². The van der Waals surface area contributed by atoms with Crippen LogP contribution >= 0.6 is 11.3 Å². The lowest BCUT2D eigenvalue weighted by atomic mass is 10.0. The van der Waals surface area contributed by atoms with Gasteiger partial charge in [0.2, 0.25) is 5.88 Å². The Kier molecular flexibility index (Phi) is 5.24. The van der Waals surface area contributed by atoms with Crippen LogP contribution < -0.4 is 4.74 Å². The summed E-state index contributed by atoms with van der Waals surface area (Å²) in [5.41, 5.74) is 1.92. The van der Waals surface area contributed by atoms with Crippen LogP contribution in [0.5, 0.6) is 11.6 Å². The normalized spacial score (nSPS) is 12.6. The summed E-state index contributed by atoms with van der Waals surface area (Å²) in [5.74, 6) is 1.69. The number of allylic oxidation sites excluding steroid dienone is 1. The molecule has 0 amide bonds. The van der Waals surface area contributed by atoms with Crippen molar-refractivity contribution in [1.29, 1.82) is 0 Å². The van der Waals surface area contributed by atoms with Gasteiger partial charge in [-0.15, -0.1) is 11.3 Å². The average molecular weight is 352 g/mol. The van der Waals surface area contributed by atoms with E-state index >= 15 is 0 Å². The lowest BCUT2D eigenvalue weighted by molar-refractivity contribution is -0.117. The van der Waals surface area contributed by atoms with E-state index in [4.69, 9.17) is 4.74 Å². The van der Waals surface area contributed by atoms with Gasteiger partial charge in [0.05, 0.1) is 15.2 Å². The largest absolute Gasteiger partial charge is 0.439 e. The second-order valence-corrected chi connectivity index (χ2v) is 7.37. The van der Waals surface area contributed by atoms with Gasteiger partial charge in [-0.05, 0) is 43.5 Å². The number of aryl methyl sites for hydroxylation is 1. The first-order valence-corrected chi connectivity index (χ1v) is 9.00. The number of pyridine rings is 1. The Morgan fingerprint density at radius 3 is 2.88 bits per heavy atom. The van der Waals surface area contributed by atoms with E-state index in [0.717, 1.165) is 26.5 Å². The molecule has 3 rings (SSSR count). The van der Waals surface area contributed by atoms with Crippen LogP contribution in [0.2, 0.25) is 0 Å². The highest BCUT2D eigenvalue weighted by Crippen LogP contribution is 2.28. The Morgan fingerprint density at radius 2 is 2.16 bits per heavy atom. The molecule has 25 heavy (non-hydrogen) atoms. The SMILES string of the molecule is CC(=O)CC(C)C=Cc1ccc(Oc2ccc3sc(C)nc3c2)nc1. The van der Waals surface area contributed by atoms with Crippen LogP contribution in [0.25, 0.3) is 16.3 Å². The molecule has 0 fully saturated rings. The number of benzene rings is 1. The fraction of sp³-hybridized carbons (Fsp3) is 0.250. The van der Waals surface area contributed by atoms with Crippen molar-refractivity contribution in [2.24, 2.45) is 5.92 Å². The number of hydrogen-bond acceptors (Lipinski definition) is 5. The molecule has 0 spiro atoms. The quantitative estimate of drug-likeness (QED) is 0.594. The Bertz CT molecular complexity index is 913. The molecule has 3 aromatic rings. The second-order valence-electron chi connectivity index (χ2n) is 6.14. The molecular weight excluding hydrogens is 332 g/mol. The van der Waals surface area contributed by atoms with Gasteiger partial charge in [0, 0.05) is 24.8 Å². The number of carbonyl (C=O) groups excluding carboxylic acids is 1. The van der Waals surface area contributed by atoms with Gasteiger partial charge in [0.1, 0.15) is 11.5 Å². The van der Waals surface area contributed by atoms with Crippen LogP contribution in [-0.2, 0) is 4.79 Å². The predicted molar refractivity (Wildman–Crippen MR) is 102 cm³/mol. The van der Waals surface area contributed by atoms with Crippen molar-refractivity contribution in [3.63, 3.8) is 0 Å². The summed E-state index contributed by atoms with van der Waals surface area (Å²) in [7, 11) is 0. The molecule has 0 radical (unpaired) electrons. The molecule has 2 heterocycles. The molecule has 5 heteroatoms. The van der Waals surface area contributed by atoms with Crippen molar-refractivity contribution in [3.05, 3.63) is 53.2 Å². The van der Waals surface area contributed by atoms with Crippen molar-refractivity contribution in [1.82, 2.24) is 9.97 Å². The van der Waals surface area contributed by atoms with E-state index in [1.54, 1.807) is 24.5 Å². The maximum absolute atomic E-state index is 11.1. The summed E-state index contributed by atoms with van der Waals surface area (Å²) in [5, 5.41) is 1.04. The molecule has 0 saturated carbocycles. The molecule has 0 N–H and O–H groups in total.